The maximum atomic E-state index is 11.9. The first-order valence-electron chi connectivity index (χ1n) is 7.32. The Morgan fingerprint density at radius 1 is 1.32 bits per heavy atom. The zero-order chi connectivity index (χ0) is 15.4. The van der Waals surface area contributed by atoms with E-state index in [9.17, 15) is 4.79 Å². The van der Waals surface area contributed by atoms with Gasteiger partial charge in [-0.05, 0) is 26.0 Å². The average Bonchev–Trinajstić information content (AvgIpc) is 2.75. The Bertz CT molecular complexity index is 652. The molecule has 0 radical (unpaired) electrons. The second kappa shape index (κ2) is 8.47. The summed E-state index contributed by atoms with van der Waals surface area (Å²) in [5.41, 5.74) is 2.75. The van der Waals surface area contributed by atoms with Crippen molar-refractivity contribution in [1.29, 1.82) is 0 Å². The summed E-state index contributed by atoms with van der Waals surface area (Å²) in [5.74, 6) is 0.880. The Balaban J connectivity index is 0.00000242. The fourth-order valence-electron chi connectivity index (χ4n) is 2.67. The van der Waals surface area contributed by atoms with Crippen molar-refractivity contribution < 1.29 is 42.8 Å². The van der Waals surface area contributed by atoms with Gasteiger partial charge in [-0.25, -0.2) is 13.9 Å². The average molecular weight is 418 g/mol. The molecule has 0 N–H and O–H groups in total. The molecule has 0 aliphatic carbocycles. The number of benzene rings is 1. The quantitative estimate of drug-likeness (QED) is 0.347. The number of fused-ring (bicyclic) bond motifs is 1. The SMILES string of the molecule is CCOC(=O)c1ccc2c(c1)n(CCOC)c(C)[n+]2CC.[I-]. The van der Waals surface area contributed by atoms with Crippen LogP contribution in [0.5, 0.6) is 0 Å². The van der Waals surface area contributed by atoms with Crippen LogP contribution in [0.25, 0.3) is 11.0 Å². The molecule has 0 aliphatic heterocycles. The molecule has 2 rings (SSSR count). The number of carbonyl (C=O) groups excluding carboxylic acids is 1. The number of rotatable bonds is 6. The van der Waals surface area contributed by atoms with E-state index in [1.54, 1.807) is 7.11 Å². The Labute approximate surface area is 148 Å². The molecule has 1 heterocycles. The van der Waals surface area contributed by atoms with Crippen molar-refractivity contribution in [2.75, 3.05) is 20.3 Å². The predicted octanol–water partition coefficient (Wildman–Crippen LogP) is -0.916. The number of imidazole rings is 1. The number of halogens is 1. The minimum atomic E-state index is -0.278. The maximum absolute atomic E-state index is 11.9. The highest BCUT2D eigenvalue weighted by molar-refractivity contribution is 5.93. The van der Waals surface area contributed by atoms with E-state index in [1.807, 2.05) is 25.1 Å². The number of methoxy groups -OCH3 is 1. The molecular weight excluding hydrogens is 395 g/mol. The smallest absolute Gasteiger partial charge is 0.338 e. The first-order valence-corrected chi connectivity index (χ1v) is 7.32. The van der Waals surface area contributed by atoms with Crippen molar-refractivity contribution >= 4 is 17.0 Å². The van der Waals surface area contributed by atoms with Crippen LogP contribution in [0.15, 0.2) is 18.2 Å². The summed E-state index contributed by atoms with van der Waals surface area (Å²) < 4.78 is 14.7. The Morgan fingerprint density at radius 3 is 2.64 bits per heavy atom. The largest absolute Gasteiger partial charge is 1.00 e. The number of hydrogen-bond acceptors (Lipinski definition) is 3. The van der Waals surface area contributed by atoms with Gasteiger partial charge in [0.15, 0.2) is 11.0 Å². The van der Waals surface area contributed by atoms with Crippen LogP contribution >= 0.6 is 0 Å². The van der Waals surface area contributed by atoms with Crippen molar-refractivity contribution in [3.8, 4) is 0 Å². The van der Waals surface area contributed by atoms with E-state index in [0.29, 0.717) is 18.8 Å². The van der Waals surface area contributed by atoms with Gasteiger partial charge in [-0.2, -0.15) is 0 Å². The first kappa shape index (κ1) is 18.9. The lowest BCUT2D eigenvalue weighted by Crippen LogP contribution is -3.00. The fourth-order valence-corrected chi connectivity index (χ4v) is 2.67. The van der Waals surface area contributed by atoms with Crippen molar-refractivity contribution in [2.24, 2.45) is 0 Å². The second-order valence-electron chi connectivity index (χ2n) is 4.86. The molecule has 0 amide bonds. The first-order chi connectivity index (χ1) is 10.1. The van der Waals surface area contributed by atoms with Crippen molar-refractivity contribution in [3.05, 3.63) is 29.6 Å². The lowest BCUT2D eigenvalue weighted by Gasteiger charge is -2.02. The van der Waals surface area contributed by atoms with Crippen molar-refractivity contribution in [1.82, 2.24) is 4.57 Å². The minimum Gasteiger partial charge on any atom is -1.00 e. The van der Waals surface area contributed by atoms with E-state index in [2.05, 4.69) is 23.0 Å². The standard InChI is InChI=1S/C16H23N2O3.HI/c1-5-17-12(3)18(9-10-20-4)15-11-13(7-8-14(15)17)16(19)21-6-2;/h7-8,11H,5-6,9-10H2,1-4H3;1H/q+1;/p-1. The van der Waals surface area contributed by atoms with Gasteiger partial charge in [0.2, 0.25) is 0 Å². The van der Waals surface area contributed by atoms with Crippen molar-refractivity contribution in [2.45, 2.75) is 33.9 Å². The minimum absolute atomic E-state index is 0. The summed E-state index contributed by atoms with van der Waals surface area (Å²) in [5, 5.41) is 0. The van der Waals surface area contributed by atoms with Gasteiger partial charge < -0.3 is 33.5 Å². The van der Waals surface area contributed by atoms with Crippen LogP contribution in [0.1, 0.15) is 30.0 Å². The molecule has 1 aromatic carbocycles. The number of ether oxygens (including phenoxy) is 2. The van der Waals surface area contributed by atoms with Gasteiger partial charge in [0.05, 0.1) is 25.3 Å². The zero-order valence-electron chi connectivity index (χ0n) is 13.6. The van der Waals surface area contributed by atoms with Crippen LogP contribution in [-0.4, -0.2) is 30.9 Å². The Kier molecular flexibility index (Phi) is 7.28. The Morgan fingerprint density at radius 2 is 2.05 bits per heavy atom. The lowest BCUT2D eigenvalue weighted by atomic mass is 10.2. The zero-order valence-corrected chi connectivity index (χ0v) is 15.7. The molecule has 122 valence electrons. The van der Waals surface area contributed by atoms with Gasteiger partial charge in [0, 0.05) is 20.1 Å². The van der Waals surface area contributed by atoms with E-state index >= 15 is 0 Å². The molecule has 1 aromatic heterocycles. The number of aromatic nitrogens is 2. The molecule has 2 aromatic rings. The third-order valence-corrected chi connectivity index (χ3v) is 3.68. The molecule has 5 nitrogen and oxygen atoms in total. The summed E-state index contributed by atoms with van der Waals surface area (Å²) in [6.07, 6.45) is 0. The van der Waals surface area contributed by atoms with Crippen molar-refractivity contribution in [3.63, 3.8) is 0 Å². The molecule has 0 aliphatic rings. The summed E-state index contributed by atoms with van der Waals surface area (Å²) in [6, 6.07) is 5.72. The Hall–Kier alpha value is -1.15. The topological polar surface area (TPSA) is 44.3 Å². The molecule has 0 fully saturated rings. The van der Waals surface area contributed by atoms with E-state index in [4.69, 9.17) is 9.47 Å². The van der Waals surface area contributed by atoms with E-state index in [1.165, 1.54) is 0 Å². The molecule has 22 heavy (non-hydrogen) atoms. The summed E-state index contributed by atoms with van der Waals surface area (Å²) in [4.78, 5) is 11.9. The maximum Gasteiger partial charge on any atom is 0.338 e. The van der Waals surface area contributed by atoms with Crippen LogP contribution < -0.4 is 28.5 Å². The van der Waals surface area contributed by atoms with Gasteiger partial charge >= 0.3 is 5.97 Å². The third-order valence-electron chi connectivity index (χ3n) is 3.68. The molecule has 0 unspecified atom stereocenters. The molecule has 0 atom stereocenters. The second-order valence-corrected chi connectivity index (χ2v) is 4.86. The monoisotopic (exact) mass is 418 g/mol. The van der Waals surface area contributed by atoms with Gasteiger partial charge in [0.25, 0.3) is 5.82 Å². The van der Waals surface area contributed by atoms with E-state index in [0.717, 1.165) is 29.9 Å². The van der Waals surface area contributed by atoms with Crippen LogP contribution in [-0.2, 0) is 22.6 Å². The number of esters is 1. The molecule has 0 spiro atoms. The van der Waals surface area contributed by atoms with E-state index in [-0.39, 0.29) is 29.9 Å². The van der Waals surface area contributed by atoms with Crippen LogP contribution in [0.4, 0.5) is 0 Å². The highest BCUT2D eigenvalue weighted by atomic mass is 127. The highest BCUT2D eigenvalue weighted by Crippen LogP contribution is 2.17. The fraction of sp³-hybridized carbons (Fsp3) is 0.500. The molecule has 6 heteroatoms. The van der Waals surface area contributed by atoms with Crippen LogP contribution in [0.2, 0.25) is 0 Å². The predicted molar refractivity (Wildman–Crippen MR) is 80.4 cm³/mol. The van der Waals surface area contributed by atoms with E-state index < -0.39 is 0 Å². The van der Waals surface area contributed by atoms with Gasteiger partial charge in [-0.1, -0.05) is 0 Å². The number of carbonyl (C=O) groups is 1. The molecule has 0 saturated carbocycles. The molecule has 0 bridgehead atoms. The van der Waals surface area contributed by atoms with Crippen LogP contribution in [0, 0.1) is 6.92 Å². The summed E-state index contributed by atoms with van der Waals surface area (Å²) in [7, 11) is 1.69. The van der Waals surface area contributed by atoms with Gasteiger partial charge in [0.1, 0.15) is 6.54 Å². The number of nitrogens with zero attached hydrogens (tertiary/aromatic N) is 2. The number of hydrogen-bond donors (Lipinski definition) is 0. The molecule has 0 saturated heterocycles. The summed E-state index contributed by atoms with van der Waals surface area (Å²) in [6.45, 7) is 8.69. The lowest BCUT2D eigenvalue weighted by molar-refractivity contribution is -0.675. The van der Waals surface area contributed by atoms with Gasteiger partial charge in [-0.3, -0.25) is 0 Å². The summed E-state index contributed by atoms with van der Waals surface area (Å²) >= 11 is 0. The van der Waals surface area contributed by atoms with Crippen LogP contribution in [0.3, 0.4) is 0 Å². The normalized spacial score (nSPS) is 10.5. The highest BCUT2D eigenvalue weighted by Gasteiger charge is 2.22. The molecular formula is C16H23IN2O3. The number of aryl methyl sites for hydroxylation is 1. The van der Waals surface area contributed by atoms with Gasteiger partial charge in [-0.15, -0.1) is 0 Å². The third kappa shape index (κ3) is 3.60.